The number of allylic oxidation sites excluding steroid dienone is 1. The molecule has 9 rings (SSSR count). The summed E-state index contributed by atoms with van der Waals surface area (Å²) < 4.78 is 6.79. The summed E-state index contributed by atoms with van der Waals surface area (Å²) in [6.07, 6.45) is 6.72. The van der Waals surface area contributed by atoms with E-state index in [0.717, 1.165) is 29.6 Å². The van der Waals surface area contributed by atoms with E-state index in [9.17, 15) is 0 Å². The van der Waals surface area contributed by atoms with Gasteiger partial charge in [0.15, 0.2) is 0 Å². The van der Waals surface area contributed by atoms with E-state index < -0.39 is 0 Å². The molecular weight excluding hydrogens is 488 g/mol. The van der Waals surface area contributed by atoms with Crippen LogP contribution in [0.1, 0.15) is 17.7 Å². The highest BCUT2D eigenvalue weighted by Crippen LogP contribution is 2.45. The van der Waals surface area contributed by atoms with Crippen molar-refractivity contribution in [2.24, 2.45) is 0 Å². The van der Waals surface area contributed by atoms with E-state index in [1.807, 2.05) is 4.68 Å². The predicted molar refractivity (Wildman–Crippen MR) is 168 cm³/mol. The van der Waals surface area contributed by atoms with Gasteiger partial charge in [0.05, 0.1) is 27.6 Å². The second kappa shape index (κ2) is 7.90. The first kappa shape index (κ1) is 21.7. The quantitative estimate of drug-likeness (QED) is 0.231. The molecule has 190 valence electrons. The van der Waals surface area contributed by atoms with Gasteiger partial charge in [0.2, 0.25) is 0 Å². The molecule has 0 atom stereocenters. The van der Waals surface area contributed by atoms with E-state index in [1.54, 1.807) is 0 Å². The summed E-state index contributed by atoms with van der Waals surface area (Å²) in [7, 11) is 0. The average molecular weight is 515 g/mol. The number of rotatable bonds is 2. The Bertz CT molecular complexity index is 2310. The Labute approximate surface area is 230 Å². The lowest BCUT2D eigenvalue weighted by molar-refractivity contribution is 0.890. The molecule has 8 aromatic rings. The number of nitrogen functional groups attached to an aromatic ring is 1. The van der Waals surface area contributed by atoms with Crippen LogP contribution >= 0.6 is 0 Å². The normalized spacial score (nSPS) is 13.3. The monoisotopic (exact) mass is 514 g/mol. The van der Waals surface area contributed by atoms with Crippen molar-refractivity contribution >= 4 is 60.6 Å². The van der Waals surface area contributed by atoms with Gasteiger partial charge in [-0.15, -0.1) is 0 Å². The molecule has 5 aromatic carbocycles. The fraction of sp³-hybridized carbons (Fsp3) is 0.0556. The van der Waals surface area contributed by atoms with Crippen molar-refractivity contribution < 1.29 is 0 Å². The molecule has 2 N–H and O–H groups in total. The Hall–Kier alpha value is -5.22. The molecule has 1 aliphatic carbocycles. The van der Waals surface area contributed by atoms with Crippen LogP contribution < -0.4 is 5.84 Å². The third kappa shape index (κ3) is 2.70. The first-order valence-corrected chi connectivity index (χ1v) is 13.9. The Morgan fingerprint density at radius 3 is 1.95 bits per heavy atom. The van der Waals surface area contributed by atoms with Gasteiger partial charge in [-0.1, -0.05) is 72.8 Å². The number of hydrogen-bond donors (Lipinski definition) is 1. The van der Waals surface area contributed by atoms with E-state index in [1.165, 1.54) is 60.4 Å². The Balaban J connectivity index is 1.59. The smallest absolute Gasteiger partial charge is 0.0725 e. The summed E-state index contributed by atoms with van der Waals surface area (Å²) in [5.41, 5.74) is 10.8. The fourth-order valence-corrected chi connectivity index (χ4v) is 7.08. The molecular formula is C36H26N4. The highest BCUT2D eigenvalue weighted by Gasteiger charge is 2.25. The van der Waals surface area contributed by atoms with Crippen LogP contribution in [-0.2, 0) is 6.42 Å². The lowest BCUT2D eigenvalue weighted by Crippen LogP contribution is -2.06. The van der Waals surface area contributed by atoms with E-state index >= 15 is 0 Å². The van der Waals surface area contributed by atoms with Crippen molar-refractivity contribution in [1.29, 1.82) is 0 Å². The lowest BCUT2D eigenvalue weighted by atomic mass is 10.0. The number of para-hydroxylation sites is 3. The van der Waals surface area contributed by atoms with Crippen LogP contribution in [-0.4, -0.2) is 13.8 Å². The highest BCUT2D eigenvalue weighted by atomic mass is 15.3. The van der Waals surface area contributed by atoms with Gasteiger partial charge in [-0.05, 0) is 61.4 Å². The SMILES string of the molecule is Nn1c2ccccc2c2c1ccc1c3c4c(ccc3n(-c3ccccc3)c12)c1c(n4-c2ccccc2)CCC=C1. The molecule has 0 fully saturated rings. The van der Waals surface area contributed by atoms with Crippen molar-refractivity contribution in [3.8, 4) is 11.4 Å². The van der Waals surface area contributed by atoms with Crippen LogP contribution in [0.2, 0.25) is 0 Å². The fourth-order valence-electron chi connectivity index (χ4n) is 7.08. The lowest BCUT2D eigenvalue weighted by Gasteiger charge is -2.13. The molecule has 40 heavy (non-hydrogen) atoms. The van der Waals surface area contributed by atoms with Crippen molar-refractivity contribution in [3.63, 3.8) is 0 Å². The van der Waals surface area contributed by atoms with Gasteiger partial charge < -0.3 is 15.0 Å². The summed E-state index contributed by atoms with van der Waals surface area (Å²) in [4.78, 5) is 0. The molecule has 3 aromatic heterocycles. The Morgan fingerprint density at radius 1 is 0.525 bits per heavy atom. The van der Waals surface area contributed by atoms with Gasteiger partial charge in [-0.25, -0.2) is 0 Å². The van der Waals surface area contributed by atoms with Crippen LogP contribution in [0.5, 0.6) is 0 Å². The van der Waals surface area contributed by atoms with Gasteiger partial charge in [0, 0.05) is 49.6 Å². The number of hydrogen-bond acceptors (Lipinski definition) is 1. The maximum absolute atomic E-state index is 6.70. The zero-order valence-corrected chi connectivity index (χ0v) is 21.9. The Kier molecular flexibility index (Phi) is 4.28. The van der Waals surface area contributed by atoms with Gasteiger partial charge in [0.25, 0.3) is 0 Å². The average Bonchev–Trinajstić information content (AvgIpc) is 3.64. The highest BCUT2D eigenvalue weighted by molar-refractivity contribution is 6.30. The molecule has 0 amide bonds. The molecule has 0 bridgehead atoms. The van der Waals surface area contributed by atoms with Crippen LogP contribution in [0.15, 0.2) is 115 Å². The van der Waals surface area contributed by atoms with Gasteiger partial charge in [0.1, 0.15) is 0 Å². The maximum Gasteiger partial charge on any atom is 0.0725 e. The third-order valence-electron chi connectivity index (χ3n) is 8.69. The summed E-state index contributed by atoms with van der Waals surface area (Å²) in [6, 6.07) is 39.1. The second-order valence-corrected chi connectivity index (χ2v) is 10.7. The minimum Gasteiger partial charge on any atom is -0.339 e. The molecule has 0 aliphatic heterocycles. The van der Waals surface area contributed by atoms with Crippen molar-refractivity contribution in [2.75, 3.05) is 5.84 Å². The van der Waals surface area contributed by atoms with E-state index in [-0.39, 0.29) is 0 Å². The predicted octanol–water partition coefficient (Wildman–Crippen LogP) is 8.51. The Morgan fingerprint density at radius 2 is 1.15 bits per heavy atom. The van der Waals surface area contributed by atoms with E-state index in [0.29, 0.717) is 0 Å². The summed E-state index contributed by atoms with van der Waals surface area (Å²) in [6.45, 7) is 0. The van der Waals surface area contributed by atoms with Crippen LogP contribution in [0, 0.1) is 0 Å². The largest absolute Gasteiger partial charge is 0.339 e. The molecule has 0 saturated heterocycles. The molecule has 3 heterocycles. The number of nitrogens with two attached hydrogens (primary N) is 1. The number of fused-ring (bicyclic) bond motifs is 11. The van der Waals surface area contributed by atoms with Crippen molar-refractivity contribution in [3.05, 3.63) is 127 Å². The van der Waals surface area contributed by atoms with E-state index in [4.69, 9.17) is 5.84 Å². The molecule has 0 spiro atoms. The van der Waals surface area contributed by atoms with Crippen LogP contribution in [0.3, 0.4) is 0 Å². The van der Waals surface area contributed by atoms with Crippen molar-refractivity contribution in [2.45, 2.75) is 12.8 Å². The summed E-state index contributed by atoms with van der Waals surface area (Å²) >= 11 is 0. The second-order valence-electron chi connectivity index (χ2n) is 10.7. The molecule has 0 saturated carbocycles. The van der Waals surface area contributed by atoms with Crippen molar-refractivity contribution in [1.82, 2.24) is 13.8 Å². The molecule has 4 nitrogen and oxygen atoms in total. The minimum atomic E-state index is 1.03. The van der Waals surface area contributed by atoms with Gasteiger partial charge in [-0.3, -0.25) is 4.68 Å². The standard InChI is InChI=1S/C36H26N4/c37-40-30-18-10-8-16-27(30)33-32(40)22-20-28-34-31(39(36(28)33)24-13-5-2-6-14-24)21-19-26-25-15-7-9-17-29(25)38(35(26)34)23-11-3-1-4-12-23/h1-8,10-16,18-22H,9,17,37H2. The van der Waals surface area contributed by atoms with Gasteiger partial charge >= 0.3 is 0 Å². The number of aromatic nitrogens is 3. The molecule has 1 aliphatic rings. The zero-order chi connectivity index (χ0) is 26.4. The molecule has 4 heteroatoms. The first-order valence-electron chi connectivity index (χ1n) is 13.9. The summed E-state index contributed by atoms with van der Waals surface area (Å²) in [5.74, 6) is 6.70. The summed E-state index contributed by atoms with van der Waals surface area (Å²) in [5, 5.41) is 6.17. The molecule has 0 radical (unpaired) electrons. The number of benzene rings is 5. The molecule has 0 unspecified atom stereocenters. The topological polar surface area (TPSA) is 40.8 Å². The van der Waals surface area contributed by atoms with Gasteiger partial charge in [-0.2, -0.15) is 0 Å². The zero-order valence-electron chi connectivity index (χ0n) is 21.9. The van der Waals surface area contributed by atoms with Crippen LogP contribution in [0.25, 0.3) is 72.0 Å². The third-order valence-corrected chi connectivity index (χ3v) is 8.69. The maximum atomic E-state index is 6.70. The van der Waals surface area contributed by atoms with E-state index in [2.05, 4.69) is 130 Å². The minimum absolute atomic E-state index is 1.03. The number of nitrogens with zero attached hydrogens (tertiary/aromatic N) is 3. The first-order chi connectivity index (χ1) is 19.8. The van der Waals surface area contributed by atoms with Crippen LogP contribution in [0.4, 0.5) is 0 Å².